The van der Waals surface area contributed by atoms with Gasteiger partial charge in [0.05, 0.1) is 12.2 Å². The number of rotatable bonds is 11. The van der Waals surface area contributed by atoms with Gasteiger partial charge in [0.2, 0.25) is 5.91 Å². The fourth-order valence-electron chi connectivity index (χ4n) is 4.91. The van der Waals surface area contributed by atoms with Gasteiger partial charge in [-0.3, -0.25) is 14.6 Å². The van der Waals surface area contributed by atoms with Gasteiger partial charge < -0.3 is 19.7 Å². The molecule has 2 amide bonds. The molecule has 1 atom stereocenters. The van der Waals surface area contributed by atoms with Crippen LogP contribution in [0.4, 0.5) is 0 Å². The molecule has 4 aromatic rings. The summed E-state index contributed by atoms with van der Waals surface area (Å²) in [6, 6.07) is 22.9. The number of likely N-dealkylation sites (N-methyl/N-ethyl adjacent to an activating group) is 1. The smallest absolute Gasteiger partial charge is 0.255 e. The predicted octanol–water partition coefficient (Wildman–Crippen LogP) is 3.71. The molecule has 2 aromatic carbocycles. The number of ether oxygens (including phenoxy) is 1. The van der Waals surface area contributed by atoms with Crippen LogP contribution in [0.15, 0.2) is 91.4 Å². The number of amides is 2. The van der Waals surface area contributed by atoms with E-state index in [9.17, 15) is 14.4 Å². The number of pyridine rings is 2. The first-order valence-corrected chi connectivity index (χ1v) is 13.3. The van der Waals surface area contributed by atoms with Crippen LogP contribution < -0.4 is 14.6 Å². The Morgan fingerprint density at radius 2 is 1.82 bits per heavy atom. The van der Waals surface area contributed by atoms with Gasteiger partial charge in [0, 0.05) is 54.1 Å². The number of nitrogens with zero attached hydrogens (tertiary/aromatic N) is 3. The zero-order chi connectivity index (χ0) is 27.9. The summed E-state index contributed by atoms with van der Waals surface area (Å²) in [6.45, 7) is 1.35. The summed E-state index contributed by atoms with van der Waals surface area (Å²) in [6.07, 6.45) is 7.14. The van der Waals surface area contributed by atoms with Crippen molar-refractivity contribution >= 4 is 18.1 Å². The van der Waals surface area contributed by atoms with Crippen molar-refractivity contribution in [3.05, 3.63) is 114 Å². The molecule has 8 heteroatoms. The number of nitrogens with one attached hydrogen (secondary N) is 1. The number of hydrogen-bond acceptors (Lipinski definition) is 5. The van der Waals surface area contributed by atoms with Crippen molar-refractivity contribution in [3.8, 4) is 17.0 Å². The molecule has 0 saturated heterocycles. The lowest BCUT2D eigenvalue weighted by Gasteiger charge is -2.25. The molecule has 0 fully saturated rings. The molecule has 1 aliphatic rings. The van der Waals surface area contributed by atoms with Crippen LogP contribution in [0.3, 0.4) is 0 Å². The Labute approximate surface area is 233 Å². The standard InChI is InChI=1S/C32H30N4O4/c1-33-31(38)29(8-5-19-37)36-21-27-26(32(36)39)6-4-9-30(27)40-22-24-12-10-23(11-13-24)20-35-17-14-25(15-18-35)28-7-2-3-16-34-28/h2-4,6-7,9-19,29H,5,8,20-22H2,1H3/p+1. The molecule has 1 unspecified atom stereocenters. The molecule has 0 bridgehead atoms. The fraction of sp³-hybridized carbons (Fsp3) is 0.219. The summed E-state index contributed by atoms with van der Waals surface area (Å²) >= 11 is 0. The molecule has 40 heavy (non-hydrogen) atoms. The van der Waals surface area contributed by atoms with Gasteiger partial charge in [-0.15, -0.1) is 0 Å². The topological polar surface area (TPSA) is 92.5 Å². The average Bonchev–Trinajstić information content (AvgIpc) is 3.34. The van der Waals surface area contributed by atoms with Gasteiger partial charge in [0.15, 0.2) is 18.9 Å². The van der Waals surface area contributed by atoms with Crippen molar-refractivity contribution in [2.75, 3.05) is 7.05 Å². The van der Waals surface area contributed by atoms with E-state index in [-0.39, 0.29) is 31.2 Å². The number of hydrogen-bond donors (Lipinski definition) is 1. The molecule has 202 valence electrons. The largest absolute Gasteiger partial charge is 0.489 e. The van der Waals surface area contributed by atoms with Crippen molar-refractivity contribution in [1.29, 1.82) is 0 Å². The Hall–Kier alpha value is -4.85. The van der Waals surface area contributed by atoms with E-state index in [2.05, 4.69) is 51.5 Å². The van der Waals surface area contributed by atoms with E-state index in [1.165, 1.54) is 11.9 Å². The second-order valence-electron chi connectivity index (χ2n) is 9.67. The molecular weight excluding hydrogens is 504 g/mol. The van der Waals surface area contributed by atoms with E-state index in [4.69, 9.17) is 4.74 Å². The van der Waals surface area contributed by atoms with Crippen LogP contribution in [0.2, 0.25) is 0 Å². The van der Waals surface area contributed by atoms with Gasteiger partial charge >= 0.3 is 0 Å². The van der Waals surface area contributed by atoms with E-state index >= 15 is 0 Å². The first-order chi connectivity index (χ1) is 19.6. The van der Waals surface area contributed by atoms with Crippen molar-refractivity contribution in [1.82, 2.24) is 15.2 Å². The van der Waals surface area contributed by atoms with E-state index in [0.29, 0.717) is 17.9 Å². The predicted molar refractivity (Wildman–Crippen MR) is 149 cm³/mol. The monoisotopic (exact) mass is 535 g/mol. The molecule has 0 radical (unpaired) electrons. The number of carbonyl (C=O) groups is 3. The minimum Gasteiger partial charge on any atom is -0.489 e. The maximum atomic E-state index is 13.1. The quantitative estimate of drug-likeness (QED) is 0.234. The summed E-state index contributed by atoms with van der Waals surface area (Å²) in [7, 11) is 1.53. The van der Waals surface area contributed by atoms with Gasteiger partial charge in [-0.2, -0.15) is 0 Å². The normalized spacial score (nSPS) is 13.0. The summed E-state index contributed by atoms with van der Waals surface area (Å²) in [5.41, 5.74) is 5.48. The second-order valence-corrected chi connectivity index (χ2v) is 9.67. The van der Waals surface area contributed by atoms with Crippen molar-refractivity contribution in [3.63, 3.8) is 0 Å². The number of fused-ring (bicyclic) bond motifs is 1. The maximum absolute atomic E-state index is 13.1. The SMILES string of the molecule is CNC(=O)C(CCC=O)N1Cc2c(OCc3ccc(C[n+]4ccc(-c5ccccn5)cc4)cc3)cccc2C1=O. The third-order valence-electron chi connectivity index (χ3n) is 7.07. The van der Waals surface area contributed by atoms with Crippen LogP contribution in [-0.2, 0) is 29.3 Å². The van der Waals surface area contributed by atoms with E-state index in [1.54, 1.807) is 18.3 Å². The minimum absolute atomic E-state index is 0.201. The Bertz CT molecular complexity index is 1490. The Kier molecular flexibility index (Phi) is 8.25. The summed E-state index contributed by atoms with van der Waals surface area (Å²) < 4.78 is 8.27. The summed E-state index contributed by atoms with van der Waals surface area (Å²) in [5, 5.41) is 2.60. The second kappa shape index (κ2) is 12.3. The summed E-state index contributed by atoms with van der Waals surface area (Å²) in [5.74, 6) is 0.106. The fourth-order valence-corrected chi connectivity index (χ4v) is 4.91. The Balaban J connectivity index is 1.22. The molecule has 3 heterocycles. The third-order valence-corrected chi connectivity index (χ3v) is 7.07. The molecule has 8 nitrogen and oxygen atoms in total. The number of carbonyl (C=O) groups excluding carboxylic acids is 3. The van der Waals surface area contributed by atoms with Crippen molar-refractivity contribution in [2.45, 2.75) is 38.6 Å². The molecule has 0 aliphatic carbocycles. The number of benzene rings is 2. The number of aldehydes is 1. The molecule has 2 aromatic heterocycles. The molecule has 0 spiro atoms. The van der Waals surface area contributed by atoms with Crippen LogP contribution in [0.1, 0.15) is 39.9 Å². The van der Waals surface area contributed by atoms with Crippen LogP contribution in [0.5, 0.6) is 5.75 Å². The van der Waals surface area contributed by atoms with Crippen molar-refractivity contribution in [2.24, 2.45) is 0 Å². The van der Waals surface area contributed by atoms with Gasteiger partial charge in [-0.1, -0.05) is 36.4 Å². The Morgan fingerprint density at radius 1 is 1.05 bits per heavy atom. The van der Waals surface area contributed by atoms with Crippen LogP contribution in [0.25, 0.3) is 11.3 Å². The van der Waals surface area contributed by atoms with E-state index < -0.39 is 6.04 Å². The average molecular weight is 536 g/mol. The van der Waals surface area contributed by atoms with Crippen LogP contribution >= 0.6 is 0 Å². The minimum atomic E-state index is -0.709. The number of aromatic nitrogens is 2. The molecule has 5 rings (SSSR count). The van der Waals surface area contributed by atoms with Crippen LogP contribution in [0, 0.1) is 0 Å². The highest BCUT2D eigenvalue weighted by molar-refractivity contribution is 6.01. The lowest BCUT2D eigenvalue weighted by molar-refractivity contribution is -0.688. The zero-order valence-corrected chi connectivity index (χ0v) is 22.3. The van der Waals surface area contributed by atoms with Gasteiger partial charge in [-0.25, -0.2) is 4.57 Å². The highest BCUT2D eigenvalue weighted by Crippen LogP contribution is 2.33. The third kappa shape index (κ3) is 5.91. The highest BCUT2D eigenvalue weighted by Gasteiger charge is 2.37. The Morgan fingerprint density at radius 3 is 2.52 bits per heavy atom. The highest BCUT2D eigenvalue weighted by atomic mass is 16.5. The molecular formula is C32H31N4O4+. The zero-order valence-electron chi connectivity index (χ0n) is 22.3. The maximum Gasteiger partial charge on any atom is 0.255 e. The molecule has 0 saturated carbocycles. The van der Waals surface area contributed by atoms with Crippen molar-refractivity contribution < 1.29 is 23.7 Å². The lowest BCUT2D eigenvalue weighted by atomic mass is 10.1. The molecule has 1 aliphatic heterocycles. The summed E-state index contributed by atoms with van der Waals surface area (Å²) in [4.78, 5) is 42.4. The van der Waals surface area contributed by atoms with E-state index in [1.807, 2.05) is 36.4 Å². The van der Waals surface area contributed by atoms with Gasteiger partial charge in [0.1, 0.15) is 24.7 Å². The lowest BCUT2D eigenvalue weighted by Crippen LogP contribution is -2.46. The first kappa shape index (κ1) is 26.7. The molecule has 1 N–H and O–H groups in total. The first-order valence-electron chi connectivity index (χ1n) is 13.3. The van der Waals surface area contributed by atoms with Crippen LogP contribution in [-0.4, -0.2) is 41.1 Å². The van der Waals surface area contributed by atoms with E-state index in [0.717, 1.165) is 40.8 Å². The van der Waals surface area contributed by atoms with Gasteiger partial charge in [0.25, 0.3) is 5.91 Å². The van der Waals surface area contributed by atoms with Gasteiger partial charge in [-0.05, 0) is 36.2 Å².